The number of nitrogens with zero attached hydrogens (tertiary/aromatic N) is 3. The molecule has 1 N–H and O–H groups in total. The molecule has 1 fully saturated rings. The lowest BCUT2D eigenvalue weighted by molar-refractivity contribution is 0.0164. The standard InChI is InChI=1S/C16H16Cl2IN3O/c17-12-1-2-13(18)11(9-12)10-16(23)5-7-22(8-6-16)15-4-3-14(19)20-21-15/h1-4,9,23H,5-8,10H2. The second-order valence-electron chi connectivity index (χ2n) is 5.84. The first-order valence-electron chi connectivity index (χ1n) is 7.36. The fourth-order valence-electron chi connectivity index (χ4n) is 2.84. The minimum absolute atomic E-state index is 0.513. The molecule has 122 valence electrons. The average Bonchev–Trinajstić information content (AvgIpc) is 2.53. The van der Waals surface area contributed by atoms with Gasteiger partial charge in [-0.1, -0.05) is 23.2 Å². The van der Waals surface area contributed by atoms with E-state index in [2.05, 4.69) is 37.7 Å². The highest BCUT2D eigenvalue weighted by Crippen LogP contribution is 2.31. The van der Waals surface area contributed by atoms with E-state index in [0.29, 0.717) is 29.3 Å². The van der Waals surface area contributed by atoms with E-state index in [4.69, 9.17) is 23.2 Å². The van der Waals surface area contributed by atoms with E-state index in [1.165, 1.54) is 0 Å². The molecule has 0 radical (unpaired) electrons. The highest BCUT2D eigenvalue weighted by atomic mass is 127. The smallest absolute Gasteiger partial charge is 0.151 e. The molecule has 1 aliphatic rings. The van der Waals surface area contributed by atoms with Gasteiger partial charge in [-0.2, -0.15) is 0 Å². The van der Waals surface area contributed by atoms with Crippen molar-refractivity contribution in [2.45, 2.75) is 24.9 Å². The predicted molar refractivity (Wildman–Crippen MR) is 101 cm³/mol. The second kappa shape index (κ2) is 7.09. The summed E-state index contributed by atoms with van der Waals surface area (Å²) in [6.07, 6.45) is 1.83. The van der Waals surface area contributed by atoms with Crippen molar-refractivity contribution in [3.05, 3.63) is 49.6 Å². The third-order valence-corrected chi connectivity index (χ3v) is 5.34. The molecule has 2 aromatic rings. The van der Waals surface area contributed by atoms with Crippen LogP contribution in [0.5, 0.6) is 0 Å². The normalized spacial score (nSPS) is 17.3. The maximum Gasteiger partial charge on any atom is 0.151 e. The second-order valence-corrected chi connectivity index (χ2v) is 7.79. The fourth-order valence-corrected chi connectivity index (χ4v) is 3.51. The number of rotatable bonds is 3. The lowest BCUT2D eigenvalue weighted by Gasteiger charge is -2.38. The van der Waals surface area contributed by atoms with Gasteiger partial charge in [-0.15, -0.1) is 10.2 Å². The lowest BCUT2D eigenvalue weighted by atomic mass is 9.85. The van der Waals surface area contributed by atoms with Crippen molar-refractivity contribution in [1.29, 1.82) is 0 Å². The van der Waals surface area contributed by atoms with Crippen molar-refractivity contribution >= 4 is 51.6 Å². The molecule has 4 nitrogen and oxygen atoms in total. The highest BCUT2D eigenvalue weighted by molar-refractivity contribution is 14.1. The lowest BCUT2D eigenvalue weighted by Crippen LogP contribution is -2.46. The van der Waals surface area contributed by atoms with Crippen molar-refractivity contribution in [1.82, 2.24) is 10.2 Å². The number of benzene rings is 1. The molecule has 23 heavy (non-hydrogen) atoms. The fraction of sp³-hybridized carbons (Fsp3) is 0.375. The van der Waals surface area contributed by atoms with Gasteiger partial charge >= 0.3 is 0 Å². The van der Waals surface area contributed by atoms with Gasteiger partial charge in [0.1, 0.15) is 3.70 Å². The quantitative estimate of drug-likeness (QED) is 0.700. The molecule has 1 aromatic carbocycles. The summed E-state index contributed by atoms with van der Waals surface area (Å²) in [5.74, 6) is 0.855. The Morgan fingerprint density at radius 3 is 2.52 bits per heavy atom. The van der Waals surface area contributed by atoms with Crippen LogP contribution in [-0.4, -0.2) is 34.0 Å². The van der Waals surface area contributed by atoms with Crippen molar-refractivity contribution < 1.29 is 5.11 Å². The monoisotopic (exact) mass is 463 g/mol. The maximum atomic E-state index is 10.9. The molecule has 3 rings (SSSR count). The van der Waals surface area contributed by atoms with Crippen LogP contribution in [0.15, 0.2) is 30.3 Å². The highest BCUT2D eigenvalue weighted by Gasteiger charge is 2.33. The zero-order valence-electron chi connectivity index (χ0n) is 12.3. The molecular formula is C16H16Cl2IN3O. The van der Waals surface area contributed by atoms with Crippen LogP contribution in [0, 0.1) is 3.70 Å². The van der Waals surface area contributed by atoms with Gasteiger partial charge in [0.2, 0.25) is 0 Å². The first-order chi connectivity index (χ1) is 11.0. The molecule has 2 heterocycles. The topological polar surface area (TPSA) is 49.2 Å². The van der Waals surface area contributed by atoms with E-state index in [0.717, 1.165) is 28.2 Å². The third kappa shape index (κ3) is 4.26. The molecule has 1 aliphatic heterocycles. The summed E-state index contributed by atoms with van der Waals surface area (Å²) >= 11 is 14.4. The van der Waals surface area contributed by atoms with Crippen molar-refractivity contribution in [3.8, 4) is 0 Å². The van der Waals surface area contributed by atoms with Gasteiger partial charge in [0.25, 0.3) is 0 Å². The van der Waals surface area contributed by atoms with Gasteiger partial charge in [-0.05, 0) is 71.3 Å². The van der Waals surface area contributed by atoms with Crippen LogP contribution >= 0.6 is 45.8 Å². The third-order valence-electron chi connectivity index (χ3n) is 4.16. The van der Waals surface area contributed by atoms with Crippen LogP contribution in [0.2, 0.25) is 10.0 Å². The number of aromatic nitrogens is 2. The van der Waals surface area contributed by atoms with Crippen molar-refractivity contribution in [2.75, 3.05) is 18.0 Å². The molecule has 1 aromatic heterocycles. The number of aliphatic hydroxyl groups is 1. The van der Waals surface area contributed by atoms with E-state index >= 15 is 0 Å². The van der Waals surface area contributed by atoms with Crippen LogP contribution in [-0.2, 0) is 6.42 Å². The van der Waals surface area contributed by atoms with Crippen LogP contribution in [0.25, 0.3) is 0 Å². The van der Waals surface area contributed by atoms with Gasteiger partial charge in [0.05, 0.1) is 5.60 Å². The van der Waals surface area contributed by atoms with Crippen molar-refractivity contribution in [2.24, 2.45) is 0 Å². The maximum absolute atomic E-state index is 10.9. The molecule has 0 amide bonds. The molecule has 0 aliphatic carbocycles. The van der Waals surface area contributed by atoms with Gasteiger partial charge in [0.15, 0.2) is 5.82 Å². The van der Waals surface area contributed by atoms with Crippen molar-refractivity contribution in [3.63, 3.8) is 0 Å². The first-order valence-corrected chi connectivity index (χ1v) is 9.19. The largest absolute Gasteiger partial charge is 0.389 e. The summed E-state index contributed by atoms with van der Waals surface area (Å²) in [6.45, 7) is 1.48. The summed E-state index contributed by atoms with van der Waals surface area (Å²) in [5.41, 5.74) is 0.130. The SMILES string of the molecule is OC1(Cc2cc(Cl)ccc2Cl)CCN(c2ccc(I)nn2)CC1. The average molecular weight is 464 g/mol. The summed E-state index contributed by atoms with van der Waals surface area (Å²) in [4.78, 5) is 2.15. The van der Waals surface area contributed by atoms with E-state index in [1.54, 1.807) is 12.1 Å². The summed E-state index contributed by atoms with van der Waals surface area (Å²) in [5, 5.41) is 20.5. The van der Waals surface area contributed by atoms with E-state index in [-0.39, 0.29) is 0 Å². The molecule has 0 saturated carbocycles. The number of piperidine rings is 1. The number of hydrogen-bond donors (Lipinski definition) is 1. The first kappa shape index (κ1) is 17.2. The van der Waals surface area contributed by atoms with E-state index < -0.39 is 5.60 Å². The number of hydrogen-bond acceptors (Lipinski definition) is 4. The Morgan fingerprint density at radius 1 is 1.13 bits per heavy atom. The Kier molecular flexibility index (Phi) is 5.30. The number of halogens is 3. The Balaban J connectivity index is 1.67. The summed E-state index contributed by atoms with van der Waals surface area (Å²) in [7, 11) is 0. The Bertz CT molecular complexity index is 688. The zero-order valence-corrected chi connectivity index (χ0v) is 16.0. The van der Waals surface area contributed by atoms with Gasteiger partial charge in [0, 0.05) is 29.6 Å². The van der Waals surface area contributed by atoms with Gasteiger partial charge < -0.3 is 10.0 Å². The molecule has 0 atom stereocenters. The summed E-state index contributed by atoms with van der Waals surface area (Å²) in [6, 6.07) is 9.27. The van der Waals surface area contributed by atoms with Crippen LogP contribution in [0.4, 0.5) is 5.82 Å². The Hall–Kier alpha value is -0.630. The molecule has 1 saturated heterocycles. The van der Waals surface area contributed by atoms with Crippen LogP contribution in [0.3, 0.4) is 0 Å². The zero-order chi connectivity index (χ0) is 16.4. The Labute approximate surface area is 159 Å². The van der Waals surface area contributed by atoms with Crippen LogP contribution < -0.4 is 4.90 Å². The molecule has 0 unspecified atom stereocenters. The molecule has 7 heteroatoms. The summed E-state index contributed by atoms with van der Waals surface area (Å²) < 4.78 is 0.871. The minimum atomic E-state index is -0.762. The molecule has 0 spiro atoms. The van der Waals surface area contributed by atoms with Crippen LogP contribution in [0.1, 0.15) is 18.4 Å². The molecule has 0 bridgehead atoms. The molecular weight excluding hydrogens is 448 g/mol. The Morgan fingerprint density at radius 2 is 1.87 bits per heavy atom. The van der Waals surface area contributed by atoms with Gasteiger partial charge in [-0.25, -0.2) is 0 Å². The minimum Gasteiger partial charge on any atom is -0.389 e. The van der Waals surface area contributed by atoms with E-state index in [9.17, 15) is 5.11 Å². The van der Waals surface area contributed by atoms with E-state index in [1.807, 2.05) is 18.2 Å². The van der Waals surface area contributed by atoms with Gasteiger partial charge in [-0.3, -0.25) is 0 Å². The number of anilines is 1. The predicted octanol–water partition coefficient (Wildman–Crippen LogP) is 3.96.